The molecule has 0 bridgehead atoms. The molecule has 1 fully saturated rings. The van der Waals surface area contributed by atoms with E-state index in [-0.39, 0.29) is 43.6 Å². The summed E-state index contributed by atoms with van der Waals surface area (Å²) in [6, 6.07) is 10.5. The van der Waals surface area contributed by atoms with Crippen molar-refractivity contribution < 1.29 is 22.3 Å². The van der Waals surface area contributed by atoms with Gasteiger partial charge < -0.3 is 9.64 Å². The SMILES string of the molecule is Cc1cccc(C)c1OCC(=O)N1CCN(S(=O)(=O)c2ccc(F)cc2)CC1. The zero-order chi connectivity index (χ0) is 20.3. The summed E-state index contributed by atoms with van der Waals surface area (Å²) in [4.78, 5) is 14.1. The van der Waals surface area contributed by atoms with Gasteiger partial charge in [0, 0.05) is 26.2 Å². The lowest BCUT2D eigenvalue weighted by Crippen LogP contribution is -2.51. The highest BCUT2D eigenvalue weighted by Crippen LogP contribution is 2.22. The highest BCUT2D eigenvalue weighted by atomic mass is 32.2. The van der Waals surface area contributed by atoms with Crippen LogP contribution in [0.3, 0.4) is 0 Å². The fourth-order valence-electron chi connectivity index (χ4n) is 3.19. The van der Waals surface area contributed by atoms with Crippen molar-refractivity contribution in [2.75, 3.05) is 32.8 Å². The molecule has 1 saturated heterocycles. The van der Waals surface area contributed by atoms with Crippen molar-refractivity contribution >= 4 is 15.9 Å². The second-order valence-corrected chi connectivity index (χ2v) is 8.69. The van der Waals surface area contributed by atoms with E-state index in [0.29, 0.717) is 5.75 Å². The fraction of sp³-hybridized carbons (Fsp3) is 0.350. The summed E-state index contributed by atoms with van der Waals surface area (Å²) in [5, 5.41) is 0. The average Bonchev–Trinajstić information content (AvgIpc) is 2.68. The molecular formula is C20H23FN2O4S. The third kappa shape index (κ3) is 4.34. The molecule has 8 heteroatoms. The third-order valence-electron chi connectivity index (χ3n) is 4.79. The number of carbonyl (C=O) groups excluding carboxylic acids is 1. The third-order valence-corrected chi connectivity index (χ3v) is 6.70. The first-order chi connectivity index (χ1) is 13.3. The summed E-state index contributed by atoms with van der Waals surface area (Å²) in [5.74, 6) is 0.0353. The number of piperazine rings is 1. The van der Waals surface area contributed by atoms with Crippen molar-refractivity contribution in [2.45, 2.75) is 18.7 Å². The molecule has 2 aromatic carbocycles. The second kappa shape index (κ2) is 8.28. The highest BCUT2D eigenvalue weighted by molar-refractivity contribution is 7.89. The minimum absolute atomic E-state index is 0.0482. The van der Waals surface area contributed by atoms with Crippen molar-refractivity contribution in [3.8, 4) is 5.75 Å². The molecule has 2 aromatic rings. The molecule has 0 radical (unpaired) electrons. The molecular weight excluding hydrogens is 383 g/mol. The number of rotatable bonds is 5. The molecule has 1 aliphatic heterocycles. The van der Waals surface area contributed by atoms with Crippen LogP contribution in [-0.2, 0) is 14.8 Å². The van der Waals surface area contributed by atoms with Gasteiger partial charge in [0.2, 0.25) is 10.0 Å². The molecule has 0 saturated carbocycles. The Hall–Kier alpha value is -2.45. The topological polar surface area (TPSA) is 66.9 Å². The number of sulfonamides is 1. The highest BCUT2D eigenvalue weighted by Gasteiger charge is 2.30. The van der Waals surface area contributed by atoms with Crippen LogP contribution in [0.4, 0.5) is 4.39 Å². The maximum atomic E-state index is 13.0. The summed E-state index contributed by atoms with van der Waals surface area (Å²) in [6.07, 6.45) is 0. The van der Waals surface area contributed by atoms with E-state index in [1.54, 1.807) is 4.90 Å². The van der Waals surface area contributed by atoms with Crippen LogP contribution in [0, 0.1) is 19.7 Å². The summed E-state index contributed by atoms with van der Waals surface area (Å²) in [7, 11) is -3.70. The van der Waals surface area contributed by atoms with Gasteiger partial charge in [0.05, 0.1) is 4.90 Å². The van der Waals surface area contributed by atoms with Gasteiger partial charge in [-0.3, -0.25) is 4.79 Å². The van der Waals surface area contributed by atoms with Gasteiger partial charge in [0.1, 0.15) is 11.6 Å². The Morgan fingerprint density at radius 3 is 2.14 bits per heavy atom. The first-order valence-electron chi connectivity index (χ1n) is 9.01. The molecule has 28 heavy (non-hydrogen) atoms. The van der Waals surface area contributed by atoms with Gasteiger partial charge >= 0.3 is 0 Å². The van der Waals surface area contributed by atoms with Gasteiger partial charge in [0.15, 0.2) is 6.61 Å². The number of nitrogens with zero attached hydrogens (tertiary/aromatic N) is 2. The Kier molecular flexibility index (Phi) is 6.00. The van der Waals surface area contributed by atoms with Crippen LogP contribution >= 0.6 is 0 Å². The van der Waals surface area contributed by atoms with Crippen molar-refractivity contribution in [1.82, 2.24) is 9.21 Å². The zero-order valence-electron chi connectivity index (χ0n) is 15.9. The van der Waals surface area contributed by atoms with Gasteiger partial charge in [-0.25, -0.2) is 12.8 Å². The first-order valence-corrected chi connectivity index (χ1v) is 10.5. The van der Waals surface area contributed by atoms with Crippen molar-refractivity contribution in [2.24, 2.45) is 0 Å². The number of para-hydroxylation sites is 1. The number of amides is 1. The molecule has 0 N–H and O–H groups in total. The maximum Gasteiger partial charge on any atom is 0.260 e. The first kappa shape index (κ1) is 20.3. The number of carbonyl (C=O) groups is 1. The standard InChI is InChI=1S/C20H23FN2O4S/c1-15-4-3-5-16(2)20(15)27-14-19(24)22-10-12-23(13-11-22)28(25,26)18-8-6-17(21)7-9-18/h3-9H,10-14H2,1-2H3. The van der Waals surface area contributed by atoms with E-state index in [1.165, 1.54) is 16.4 Å². The van der Waals surface area contributed by atoms with E-state index >= 15 is 0 Å². The van der Waals surface area contributed by atoms with Crippen molar-refractivity contribution in [1.29, 1.82) is 0 Å². The summed E-state index contributed by atoms with van der Waals surface area (Å²) in [6.45, 7) is 4.71. The quantitative estimate of drug-likeness (QED) is 0.765. The minimum Gasteiger partial charge on any atom is -0.483 e. The molecule has 6 nitrogen and oxygen atoms in total. The van der Waals surface area contributed by atoms with Crippen LogP contribution in [-0.4, -0.2) is 56.3 Å². The van der Waals surface area contributed by atoms with Gasteiger partial charge in [-0.2, -0.15) is 4.31 Å². The molecule has 0 aromatic heterocycles. The molecule has 1 heterocycles. The Labute approximate surface area is 164 Å². The van der Waals surface area contributed by atoms with Crippen LogP contribution in [0.25, 0.3) is 0 Å². The monoisotopic (exact) mass is 406 g/mol. The average molecular weight is 406 g/mol. The second-order valence-electron chi connectivity index (χ2n) is 6.75. The van der Waals surface area contributed by atoms with E-state index in [4.69, 9.17) is 4.74 Å². The zero-order valence-corrected chi connectivity index (χ0v) is 16.7. The van der Waals surface area contributed by atoms with Crippen molar-refractivity contribution in [3.63, 3.8) is 0 Å². The Bertz CT molecular complexity index is 932. The summed E-state index contributed by atoms with van der Waals surface area (Å²) < 4.78 is 45.3. The Balaban J connectivity index is 1.57. The number of hydrogen-bond donors (Lipinski definition) is 0. The fourth-order valence-corrected chi connectivity index (χ4v) is 4.61. The van der Waals surface area contributed by atoms with Crippen LogP contribution in [0.1, 0.15) is 11.1 Å². The summed E-state index contributed by atoms with van der Waals surface area (Å²) in [5.41, 5.74) is 1.92. The number of benzene rings is 2. The number of halogens is 1. The summed E-state index contributed by atoms with van der Waals surface area (Å²) >= 11 is 0. The Morgan fingerprint density at radius 2 is 1.57 bits per heavy atom. The maximum absolute atomic E-state index is 13.0. The van der Waals surface area contributed by atoms with E-state index in [1.807, 2.05) is 32.0 Å². The molecule has 3 rings (SSSR count). The molecule has 0 aliphatic carbocycles. The number of hydrogen-bond acceptors (Lipinski definition) is 4. The molecule has 1 aliphatic rings. The minimum atomic E-state index is -3.70. The van der Waals surface area contributed by atoms with E-state index in [9.17, 15) is 17.6 Å². The number of aryl methyl sites for hydroxylation is 2. The van der Waals surface area contributed by atoms with Gasteiger partial charge in [-0.05, 0) is 49.2 Å². The van der Waals surface area contributed by atoms with Crippen LogP contribution in [0.5, 0.6) is 5.75 Å². The van der Waals surface area contributed by atoms with E-state index in [2.05, 4.69) is 0 Å². The van der Waals surface area contributed by atoms with Crippen LogP contribution in [0.2, 0.25) is 0 Å². The number of ether oxygens (including phenoxy) is 1. The van der Waals surface area contributed by atoms with Crippen LogP contribution in [0.15, 0.2) is 47.4 Å². The van der Waals surface area contributed by atoms with Crippen molar-refractivity contribution in [3.05, 3.63) is 59.4 Å². The largest absolute Gasteiger partial charge is 0.483 e. The lowest BCUT2D eigenvalue weighted by atomic mass is 10.1. The van der Waals surface area contributed by atoms with Crippen LogP contribution < -0.4 is 4.74 Å². The van der Waals surface area contributed by atoms with Gasteiger partial charge in [-0.1, -0.05) is 18.2 Å². The van der Waals surface area contributed by atoms with E-state index in [0.717, 1.165) is 23.3 Å². The molecule has 0 unspecified atom stereocenters. The lowest BCUT2D eigenvalue weighted by Gasteiger charge is -2.34. The normalized spacial score (nSPS) is 15.5. The van der Waals surface area contributed by atoms with Gasteiger partial charge in [-0.15, -0.1) is 0 Å². The predicted molar refractivity (Wildman–Crippen MR) is 103 cm³/mol. The molecule has 1 amide bonds. The molecule has 150 valence electrons. The Morgan fingerprint density at radius 1 is 1.00 bits per heavy atom. The molecule has 0 atom stereocenters. The van der Waals surface area contributed by atoms with E-state index < -0.39 is 15.8 Å². The molecule has 0 spiro atoms. The predicted octanol–water partition coefficient (Wildman–Crippen LogP) is 2.35. The van der Waals surface area contributed by atoms with Gasteiger partial charge in [0.25, 0.3) is 5.91 Å². The smallest absolute Gasteiger partial charge is 0.260 e. The lowest BCUT2D eigenvalue weighted by molar-refractivity contribution is -0.134.